The standard InChI is InChI=1S/C15H15ClN4/c1-11(17-10-12-6-2-3-7-13(12)16)15-19-18-14-8-4-5-9-20(14)15/h2-9,11,17H,10H2,1H3/t11-/m0/s1. The molecule has 0 aliphatic carbocycles. The predicted molar refractivity (Wildman–Crippen MR) is 79.7 cm³/mol. The predicted octanol–water partition coefficient (Wildman–Crippen LogP) is 3.23. The molecule has 4 nitrogen and oxygen atoms in total. The van der Waals surface area contributed by atoms with E-state index in [-0.39, 0.29) is 6.04 Å². The van der Waals surface area contributed by atoms with Crippen LogP contribution in [0.4, 0.5) is 0 Å². The summed E-state index contributed by atoms with van der Waals surface area (Å²) < 4.78 is 1.99. The molecule has 0 aliphatic rings. The van der Waals surface area contributed by atoms with Gasteiger partial charge in [0.1, 0.15) is 0 Å². The highest BCUT2D eigenvalue weighted by molar-refractivity contribution is 6.31. The topological polar surface area (TPSA) is 42.2 Å². The van der Waals surface area contributed by atoms with Gasteiger partial charge in [-0.05, 0) is 30.7 Å². The summed E-state index contributed by atoms with van der Waals surface area (Å²) in [7, 11) is 0. The Morgan fingerprint density at radius 3 is 2.80 bits per heavy atom. The lowest BCUT2D eigenvalue weighted by Crippen LogP contribution is -2.20. The van der Waals surface area contributed by atoms with Crippen LogP contribution in [-0.4, -0.2) is 14.6 Å². The van der Waals surface area contributed by atoms with E-state index in [0.717, 1.165) is 22.1 Å². The molecule has 0 aliphatic heterocycles. The van der Waals surface area contributed by atoms with Gasteiger partial charge in [-0.15, -0.1) is 10.2 Å². The molecule has 0 spiro atoms. The van der Waals surface area contributed by atoms with Gasteiger partial charge in [0.2, 0.25) is 0 Å². The van der Waals surface area contributed by atoms with Crippen LogP contribution in [0.3, 0.4) is 0 Å². The minimum atomic E-state index is 0.0867. The molecule has 0 fully saturated rings. The van der Waals surface area contributed by atoms with Gasteiger partial charge in [0.15, 0.2) is 11.5 Å². The van der Waals surface area contributed by atoms with Gasteiger partial charge in [-0.3, -0.25) is 4.40 Å². The molecule has 1 N–H and O–H groups in total. The summed E-state index contributed by atoms with van der Waals surface area (Å²) in [6, 6.07) is 13.8. The van der Waals surface area contributed by atoms with E-state index in [4.69, 9.17) is 11.6 Å². The van der Waals surface area contributed by atoms with Crippen LogP contribution in [0.25, 0.3) is 5.65 Å². The van der Waals surface area contributed by atoms with Gasteiger partial charge < -0.3 is 5.32 Å². The quantitative estimate of drug-likeness (QED) is 0.801. The van der Waals surface area contributed by atoms with Crippen LogP contribution in [0.15, 0.2) is 48.7 Å². The molecule has 3 aromatic rings. The summed E-state index contributed by atoms with van der Waals surface area (Å²) in [6.07, 6.45) is 1.97. The average Bonchev–Trinajstić information content (AvgIpc) is 2.90. The maximum Gasteiger partial charge on any atom is 0.160 e. The highest BCUT2D eigenvalue weighted by atomic mass is 35.5. The Morgan fingerprint density at radius 1 is 1.15 bits per heavy atom. The van der Waals surface area contributed by atoms with Crippen LogP contribution in [0.1, 0.15) is 24.4 Å². The third-order valence-electron chi connectivity index (χ3n) is 3.28. The van der Waals surface area contributed by atoms with Crippen LogP contribution in [0.5, 0.6) is 0 Å². The van der Waals surface area contributed by atoms with Gasteiger partial charge in [0.25, 0.3) is 0 Å². The highest BCUT2D eigenvalue weighted by Crippen LogP contribution is 2.17. The molecule has 1 atom stereocenters. The molecule has 0 radical (unpaired) electrons. The van der Waals surface area contributed by atoms with E-state index in [1.165, 1.54) is 0 Å². The van der Waals surface area contributed by atoms with E-state index in [9.17, 15) is 0 Å². The molecule has 102 valence electrons. The Morgan fingerprint density at radius 2 is 1.95 bits per heavy atom. The first-order chi connectivity index (χ1) is 9.75. The van der Waals surface area contributed by atoms with Crippen molar-refractivity contribution in [2.24, 2.45) is 0 Å². The Kier molecular flexibility index (Phi) is 3.67. The van der Waals surface area contributed by atoms with Crippen molar-refractivity contribution in [1.29, 1.82) is 0 Å². The lowest BCUT2D eigenvalue weighted by molar-refractivity contribution is 0.541. The smallest absolute Gasteiger partial charge is 0.160 e. The Balaban J connectivity index is 1.77. The number of pyridine rings is 1. The monoisotopic (exact) mass is 286 g/mol. The second-order valence-electron chi connectivity index (χ2n) is 4.68. The third-order valence-corrected chi connectivity index (χ3v) is 3.65. The summed E-state index contributed by atoms with van der Waals surface area (Å²) in [4.78, 5) is 0. The number of rotatable bonds is 4. The number of nitrogens with one attached hydrogen (secondary N) is 1. The number of nitrogens with zero attached hydrogens (tertiary/aromatic N) is 3. The number of hydrogen-bond donors (Lipinski definition) is 1. The average molecular weight is 287 g/mol. The third kappa shape index (κ3) is 2.53. The zero-order valence-corrected chi connectivity index (χ0v) is 11.9. The molecule has 20 heavy (non-hydrogen) atoms. The van der Waals surface area contributed by atoms with Crippen molar-refractivity contribution in [3.8, 4) is 0 Å². The maximum atomic E-state index is 6.15. The van der Waals surface area contributed by atoms with Crippen molar-refractivity contribution in [2.45, 2.75) is 19.5 Å². The molecule has 5 heteroatoms. The second-order valence-corrected chi connectivity index (χ2v) is 5.09. The molecule has 0 saturated heterocycles. The van der Waals surface area contributed by atoms with Gasteiger partial charge in [0, 0.05) is 17.8 Å². The van der Waals surface area contributed by atoms with E-state index in [2.05, 4.69) is 22.4 Å². The summed E-state index contributed by atoms with van der Waals surface area (Å²) in [5.41, 5.74) is 1.93. The van der Waals surface area contributed by atoms with Crippen molar-refractivity contribution < 1.29 is 0 Å². The van der Waals surface area contributed by atoms with Crippen molar-refractivity contribution in [3.05, 3.63) is 65.1 Å². The summed E-state index contributed by atoms with van der Waals surface area (Å²) >= 11 is 6.15. The fraction of sp³-hybridized carbons (Fsp3) is 0.200. The number of halogens is 1. The second kappa shape index (κ2) is 5.61. The maximum absolute atomic E-state index is 6.15. The molecular weight excluding hydrogens is 272 g/mol. The van der Waals surface area contributed by atoms with Crippen molar-refractivity contribution in [3.63, 3.8) is 0 Å². The molecule has 2 heterocycles. The fourth-order valence-corrected chi connectivity index (χ4v) is 2.35. The molecular formula is C15H15ClN4. The van der Waals surface area contributed by atoms with Crippen LogP contribution < -0.4 is 5.32 Å². The molecule has 1 aromatic carbocycles. The van der Waals surface area contributed by atoms with Crippen LogP contribution in [0, 0.1) is 0 Å². The summed E-state index contributed by atoms with van der Waals surface area (Å²) in [5, 5.41) is 12.6. The first-order valence-electron chi connectivity index (χ1n) is 6.52. The van der Waals surface area contributed by atoms with Gasteiger partial charge in [-0.1, -0.05) is 35.9 Å². The van der Waals surface area contributed by atoms with Crippen molar-refractivity contribution in [1.82, 2.24) is 19.9 Å². The lowest BCUT2D eigenvalue weighted by Gasteiger charge is -2.13. The lowest BCUT2D eigenvalue weighted by atomic mass is 10.2. The Hall–Kier alpha value is -1.91. The number of benzene rings is 1. The number of fused-ring (bicyclic) bond motifs is 1. The first-order valence-corrected chi connectivity index (χ1v) is 6.90. The molecule has 0 saturated carbocycles. The zero-order chi connectivity index (χ0) is 13.9. The van der Waals surface area contributed by atoms with E-state index in [1.54, 1.807) is 0 Å². The largest absolute Gasteiger partial charge is 0.303 e. The SMILES string of the molecule is C[C@H](NCc1ccccc1Cl)c1nnc2ccccn12. The van der Waals surface area contributed by atoms with Crippen LogP contribution >= 0.6 is 11.6 Å². The van der Waals surface area contributed by atoms with E-state index in [0.29, 0.717) is 6.54 Å². The molecule has 0 unspecified atom stereocenters. The minimum absolute atomic E-state index is 0.0867. The van der Waals surface area contributed by atoms with E-state index >= 15 is 0 Å². The van der Waals surface area contributed by atoms with Gasteiger partial charge in [-0.2, -0.15) is 0 Å². The van der Waals surface area contributed by atoms with Gasteiger partial charge in [-0.25, -0.2) is 0 Å². The van der Waals surface area contributed by atoms with Crippen LogP contribution in [-0.2, 0) is 6.54 Å². The molecule has 3 rings (SSSR count). The minimum Gasteiger partial charge on any atom is -0.303 e. The summed E-state index contributed by atoms with van der Waals surface area (Å²) in [5.74, 6) is 0.896. The molecule has 0 bridgehead atoms. The van der Waals surface area contributed by atoms with Gasteiger partial charge >= 0.3 is 0 Å². The zero-order valence-electron chi connectivity index (χ0n) is 11.1. The van der Waals surface area contributed by atoms with Crippen LogP contribution in [0.2, 0.25) is 5.02 Å². The van der Waals surface area contributed by atoms with Gasteiger partial charge in [0.05, 0.1) is 6.04 Å². The van der Waals surface area contributed by atoms with Crippen molar-refractivity contribution >= 4 is 17.2 Å². The first kappa shape index (κ1) is 13.1. The van der Waals surface area contributed by atoms with E-state index in [1.807, 2.05) is 53.1 Å². The Labute approximate surface area is 122 Å². The van der Waals surface area contributed by atoms with E-state index < -0.39 is 0 Å². The normalized spacial score (nSPS) is 12.7. The fourth-order valence-electron chi connectivity index (χ4n) is 2.15. The number of aromatic nitrogens is 3. The summed E-state index contributed by atoms with van der Waals surface area (Å²) in [6.45, 7) is 2.77. The number of hydrogen-bond acceptors (Lipinski definition) is 3. The van der Waals surface area contributed by atoms with Crippen molar-refractivity contribution in [2.75, 3.05) is 0 Å². The molecule has 2 aromatic heterocycles. The Bertz CT molecular complexity index is 722. The molecule has 0 amide bonds. The highest BCUT2D eigenvalue weighted by Gasteiger charge is 2.12.